The smallest absolute Gasteiger partial charge is 0.242 e. The molecule has 2 aromatic carbocycles. The molecule has 2 amide bonds. The van der Waals surface area contributed by atoms with Gasteiger partial charge in [0, 0.05) is 13.0 Å². The van der Waals surface area contributed by atoms with E-state index in [9.17, 15) is 14.0 Å². The molecule has 3 rings (SSSR count). The van der Waals surface area contributed by atoms with Crippen LogP contribution in [0.1, 0.15) is 23.1 Å². The summed E-state index contributed by atoms with van der Waals surface area (Å²) in [5.41, 5.74) is 4.11. The Morgan fingerprint density at radius 2 is 1.93 bits per heavy atom. The van der Waals surface area contributed by atoms with Crippen LogP contribution < -0.4 is 5.32 Å². The van der Waals surface area contributed by atoms with Crippen LogP contribution in [-0.4, -0.2) is 33.7 Å². The number of carbonyl (C=O) groups is 2. The number of aliphatic imine (C=N–C) groups is 1. The number of aryl methyl sites for hydroxylation is 3. The van der Waals surface area contributed by atoms with Crippen LogP contribution in [0.2, 0.25) is 0 Å². The number of thioether (sulfide) groups is 1. The Bertz CT molecular complexity index is 1010. The molecule has 0 aromatic heterocycles. The van der Waals surface area contributed by atoms with Crippen LogP contribution in [0.4, 0.5) is 15.8 Å². The van der Waals surface area contributed by atoms with Gasteiger partial charge in [-0.05, 0) is 44.0 Å². The maximum absolute atomic E-state index is 13.8. The Kier molecular flexibility index (Phi) is 6.72. The van der Waals surface area contributed by atoms with Gasteiger partial charge in [-0.3, -0.25) is 14.5 Å². The predicted octanol–water partition coefficient (Wildman–Crippen LogP) is 4.90. The van der Waals surface area contributed by atoms with Crippen LogP contribution in [0, 0.1) is 26.6 Å². The SMILES string of the molecule is C=CCN1C(=O)C(CC(=O)Nc2ccccc2F)SC1=Nc1c(C)cc(C)cc1C. The molecule has 0 radical (unpaired) electrons. The van der Waals surface area contributed by atoms with Crippen molar-refractivity contribution >= 4 is 40.1 Å². The first kappa shape index (κ1) is 21.8. The number of anilines is 1. The number of rotatable bonds is 6. The largest absolute Gasteiger partial charge is 0.324 e. The first-order chi connectivity index (χ1) is 14.3. The third-order valence-corrected chi connectivity index (χ3v) is 5.87. The quantitative estimate of drug-likeness (QED) is 0.670. The van der Waals surface area contributed by atoms with Gasteiger partial charge >= 0.3 is 0 Å². The lowest BCUT2D eigenvalue weighted by Crippen LogP contribution is -2.33. The Morgan fingerprint density at radius 1 is 1.27 bits per heavy atom. The van der Waals surface area contributed by atoms with E-state index < -0.39 is 17.0 Å². The zero-order valence-electron chi connectivity index (χ0n) is 17.2. The zero-order chi connectivity index (χ0) is 21.8. The normalized spacial score (nSPS) is 17.5. The third kappa shape index (κ3) is 4.79. The van der Waals surface area contributed by atoms with E-state index in [1.807, 2.05) is 32.9 Å². The average Bonchev–Trinajstić information content (AvgIpc) is 2.95. The second kappa shape index (κ2) is 9.26. The second-order valence-electron chi connectivity index (χ2n) is 7.22. The molecule has 7 heteroatoms. The molecule has 1 aliphatic rings. The summed E-state index contributed by atoms with van der Waals surface area (Å²) >= 11 is 1.25. The number of carbonyl (C=O) groups excluding carboxylic acids is 2. The highest BCUT2D eigenvalue weighted by Gasteiger charge is 2.38. The van der Waals surface area contributed by atoms with E-state index in [1.54, 1.807) is 18.2 Å². The number of hydrogen-bond acceptors (Lipinski definition) is 4. The van der Waals surface area contributed by atoms with Crippen LogP contribution in [-0.2, 0) is 9.59 Å². The number of hydrogen-bond donors (Lipinski definition) is 1. The Labute approximate surface area is 180 Å². The molecule has 0 bridgehead atoms. The van der Waals surface area contributed by atoms with Crippen molar-refractivity contribution < 1.29 is 14.0 Å². The lowest BCUT2D eigenvalue weighted by Gasteiger charge is -2.15. The molecule has 156 valence electrons. The summed E-state index contributed by atoms with van der Waals surface area (Å²) in [6.07, 6.45) is 1.56. The molecule has 1 atom stereocenters. The molecule has 1 aliphatic heterocycles. The van der Waals surface area contributed by atoms with Crippen molar-refractivity contribution in [3.05, 3.63) is 71.6 Å². The lowest BCUT2D eigenvalue weighted by molar-refractivity contribution is -0.127. The van der Waals surface area contributed by atoms with Gasteiger partial charge in [0.05, 0.1) is 11.4 Å². The molecule has 1 heterocycles. The highest BCUT2D eigenvalue weighted by Crippen LogP contribution is 2.34. The summed E-state index contributed by atoms with van der Waals surface area (Å²) in [5.74, 6) is -1.14. The number of amides is 2. The Hall–Kier alpha value is -2.93. The summed E-state index contributed by atoms with van der Waals surface area (Å²) in [6.45, 7) is 10.0. The minimum Gasteiger partial charge on any atom is -0.324 e. The minimum absolute atomic E-state index is 0.0731. The Balaban J connectivity index is 1.82. The van der Waals surface area contributed by atoms with E-state index >= 15 is 0 Å². The van der Waals surface area contributed by atoms with Gasteiger partial charge in [-0.1, -0.05) is 47.7 Å². The van der Waals surface area contributed by atoms with Gasteiger partial charge in [0.1, 0.15) is 11.1 Å². The number of amidine groups is 1. The van der Waals surface area contributed by atoms with Crippen LogP contribution in [0.3, 0.4) is 0 Å². The van der Waals surface area contributed by atoms with E-state index in [2.05, 4.69) is 11.9 Å². The third-order valence-electron chi connectivity index (χ3n) is 4.69. The standard InChI is InChI=1S/C23H24FN3O2S/c1-5-10-27-22(29)19(13-20(28)25-18-9-7-6-8-17(18)24)30-23(27)26-21-15(3)11-14(2)12-16(21)4/h5-9,11-12,19H,1,10,13H2,2-4H3,(H,25,28). The van der Waals surface area contributed by atoms with Gasteiger partial charge in [0.25, 0.3) is 0 Å². The molecular weight excluding hydrogens is 401 g/mol. The summed E-state index contributed by atoms with van der Waals surface area (Å²) in [4.78, 5) is 31.6. The van der Waals surface area contributed by atoms with Crippen molar-refractivity contribution in [3.8, 4) is 0 Å². The van der Waals surface area contributed by atoms with E-state index in [0.29, 0.717) is 11.7 Å². The number of benzene rings is 2. The van der Waals surface area contributed by atoms with Gasteiger partial charge in [-0.15, -0.1) is 6.58 Å². The van der Waals surface area contributed by atoms with E-state index in [0.717, 1.165) is 22.4 Å². The van der Waals surface area contributed by atoms with Gasteiger partial charge in [-0.25, -0.2) is 9.38 Å². The monoisotopic (exact) mass is 425 g/mol. The fourth-order valence-electron chi connectivity index (χ4n) is 3.40. The predicted molar refractivity (Wildman–Crippen MR) is 121 cm³/mol. The van der Waals surface area contributed by atoms with Crippen LogP contribution in [0.5, 0.6) is 0 Å². The Morgan fingerprint density at radius 3 is 2.57 bits per heavy atom. The van der Waals surface area contributed by atoms with Gasteiger partial charge in [0.15, 0.2) is 5.17 Å². The van der Waals surface area contributed by atoms with E-state index in [4.69, 9.17) is 4.99 Å². The summed E-state index contributed by atoms with van der Waals surface area (Å²) in [7, 11) is 0. The molecule has 1 saturated heterocycles. The summed E-state index contributed by atoms with van der Waals surface area (Å²) in [6, 6.07) is 10.0. The summed E-state index contributed by atoms with van der Waals surface area (Å²) in [5, 5.41) is 2.45. The lowest BCUT2D eigenvalue weighted by atomic mass is 10.1. The highest BCUT2D eigenvalue weighted by atomic mass is 32.2. The second-order valence-corrected chi connectivity index (χ2v) is 8.39. The van der Waals surface area contributed by atoms with Crippen molar-refractivity contribution in [1.29, 1.82) is 0 Å². The van der Waals surface area contributed by atoms with Crippen molar-refractivity contribution in [2.24, 2.45) is 4.99 Å². The van der Waals surface area contributed by atoms with Crippen LogP contribution >= 0.6 is 11.8 Å². The van der Waals surface area contributed by atoms with Gasteiger partial charge in [-0.2, -0.15) is 0 Å². The molecule has 5 nitrogen and oxygen atoms in total. The van der Waals surface area contributed by atoms with Crippen molar-refractivity contribution in [2.75, 3.05) is 11.9 Å². The first-order valence-corrected chi connectivity index (χ1v) is 10.5. The molecular formula is C23H24FN3O2S. The number of para-hydroxylation sites is 1. The summed E-state index contributed by atoms with van der Waals surface area (Å²) < 4.78 is 13.8. The molecule has 2 aromatic rings. The van der Waals surface area contributed by atoms with Gasteiger partial charge in [0.2, 0.25) is 11.8 Å². The fourth-order valence-corrected chi connectivity index (χ4v) is 4.55. The fraction of sp³-hybridized carbons (Fsp3) is 0.261. The number of nitrogens with one attached hydrogen (secondary N) is 1. The minimum atomic E-state index is -0.624. The van der Waals surface area contributed by atoms with Crippen molar-refractivity contribution in [1.82, 2.24) is 4.90 Å². The van der Waals surface area contributed by atoms with Gasteiger partial charge < -0.3 is 5.32 Å². The molecule has 30 heavy (non-hydrogen) atoms. The molecule has 0 saturated carbocycles. The van der Waals surface area contributed by atoms with Crippen LogP contribution in [0.15, 0.2) is 54.0 Å². The van der Waals surface area contributed by atoms with Crippen molar-refractivity contribution in [2.45, 2.75) is 32.4 Å². The average molecular weight is 426 g/mol. The topological polar surface area (TPSA) is 61.8 Å². The molecule has 1 unspecified atom stereocenters. The molecule has 0 spiro atoms. The maximum atomic E-state index is 13.8. The van der Waals surface area contributed by atoms with Crippen molar-refractivity contribution in [3.63, 3.8) is 0 Å². The number of halogens is 1. The number of nitrogens with zero attached hydrogens (tertiary/aromatic N) is 2. The molecule has 1 N–H and O–H groups in total. The first-order valence-electron chi connectivity index (χ1n) is 9.60. The van der Waals surface area contributed by atoms with Crippen LogP contribution in [0.25, 0.3) is 0 Å². The molecule has 1 fully saturated rings. The van der Waals surface area contributed by atoms with E-state index in [-0.39, 0.29) is 18.0 Å². The zero-order valence-corrected chi connectivity index (χ0v) is 18.1. The molecule has 0 aliphatic carbocycles. The maximum Gasteiger partial charge on any atom is 0.242 e. The van der Waals surface area contributed by atoms with E-state index in [1.165, 1.54) is 28.8 Å². The highest BCUT2D eigenvalue weighted by molar-refractivity contribution is 8.15.